The van der Waals surface area contributed by atoms with Gasteiger partial charge in [-0.05, 0) is 80.1 Å². The molecule has 0 radical (unpaired) electrons. The van der Waals surface area contributed by atoms with Crippen molar-refractivity contribution in [2.24, 2.45) is 0 Å². The van der Waals surface area contributed by atoms with Crippen molar-refractivity contribution in [1.29, 1.82) is 5.26 Å². The summed E-state index contributed by atoms with van der Waals surface area (Å²) in [4.78, 5) is 53.6. The summed E-state index contributed by atoms with van der Waals surface area (Å²) in [5.74, 6) is -2.80. The molecule has 4 amide bonds. The molecule has 51 heavy (non-hydrogen) atoms. The lowest BCUT2D eigenvalue weighted by atomic mass is 10.1. The Balaban J connectivity index is 1.29. The van der Waals surface area contributed by atoms with E-state index in [2.05, 4.69) is 27.3 Å². The largest absolute Gasteiger partial charge is 0.321 e. The zero-order chi connectivity index (χ0) is 36.5. The number of halogens is 2. The van der Waals surface area contributed by atoms with Gasteiger partial charge < -0.3 is 21.3 Å². The zero-order valence-electron chi connectivity index (χ0n) is 27.1. The highest BCUT2D eigenvalue weighted by Gasteiger charge is 2.24. The van der Waals surface area contributed by atoms with Gasteiger partial charge in [0.2, 0.25) is 5.91 Å². The summed E-state index contributed by atoms with van der Waals surface area (Å²) < 4.78 is 14.7. The number of hydrogen-bond acceptors (Lipinski definition) is 7. The summed E-state index contributed by atoms with van der Waals surface area (Å²) in [7, 11) is 0. The average Bonchev–Trinajstić information content (AvgIpc) is 3.44. The molecule has 0 fully saturated rings. The van der Waals surface area contributed by atoms with Crippen LogP contribution in [0.15, 0.2) is 114 Å². The molecule has 4 aromatic carbocycles. The molecule has 0 aliphatic heterocycles. The van der Waals surface area contributed by atoms with Gasteiger partial charge in [0.1, 0.15) is 22.6 Å². The minimum Gasteiger partial charge on any atom is -0.321 e. The summed E-state index contributed by atoms with van der Waals surface area (Å²) in [5, 5.41) is 20.3. The van der Waals surface area contributed by atoms with Crippen LogP contribution < -0.4 is 21.3 Å². The topological polar surface area (TPSA) is 140 Å². The van der Waals surface area contributed by atoms with E-state index >= 15 is 0 Å². The quantitative estimate of drug-likeness (QED) is 0.0792. The molecule has 0 bridgehead atoms. The Labute approximate surface area is 306 Å². The van der Waals surface area contributed by atoms with Gasteiger partial charge in [-0.1, -0.05) is 60.1 Å². The van der Waals surface area contributed by atoms with Crippen LogP contribution in [0.25, 0.3) is 6.08 Å². The molecule has 0 spiro atoms. The van der Waals surface area contributed by atoms with Gasteiger partial charge in [0.15, 0.2) is 0 Å². The Morgan fingerprint density at radius 2 is 1.53 bits per heavy atom. The molecule has 1 heterocycles. The number of carbonyl (C=O) groups is 4. The molecule has 1 unspecified atom stereocenters. The Kier molecular flexibility index (Phi) is 12.0. The number of carbonyl (C=O) groups excluding carboxylic acids is 4. The van der Waals surface area contributed by atoms with Crippen molar-refractivity contribution in [2.75, 3.05) is 16.0 Å². The third-order valence-electron chi connectivity index (χ3n) is 7.32. The van der Waals surface area contributed by atoms with Crippen LogP contribution in [-0.4, -0.2) is 28.9 Å². The van der Waals surface area contributed by atoms with Gasteiger partial charge in [0.25, 0.3) is 17.7 Å². The van der Waals surface area contributed by atoms with Gasteiger partial charge in [-0.2, -0.15) is 5.26 Å². The van der Waals surface area contributed by atoms with Crippen LogP contribution in [0.2, 0.25) is 5.02 Å². The molecule has 5 rings (SSSR count). The molecule has 9 nitrogen and oxygen atoms in total. The lowest BCUT2D eigenvalue weighted by molar-refractivity contribution is -0.115. The number of thioether (sulfide) groups is 1. The highest BCUT2D eigenvalue weighted by molar-refractivity contribution is 8.00. The standard InChI is InChI=1S/C38H29ClFN5O4S2/c1-22-29(21-41)38(51-33(22)37(49)42-25-13-7-4-8-14-25)45-34(46)23(2)50-27-16-9-15-26(19-27)43-36(48)32(20-28-30(39)17-10-18-31(28)40)44-35(47)24-11-5-3-6-12-24/h3-20,23H,1-2H3,(H,42,49)(H,43,48)(H,44,47)(H,45,46)/b32-20+. The van der Waals surface area contributed by atoms with E-state index in [-0.39, 0.29) is 32.4 Å². The van der Waals surface area contributed by atoms with Crippen molar-refractivity contribution >= 4 is 80.8 Å². The molecule has 0 saturated heterocycles. The Morgan fingerprint density at radius 1 is 0.863 bits per heavy atom. The van der Waals surface area contributed by atoms with Crippen LogP contribution in [0, 0.1) is 24.1 Å². The van der Waals surface area contributed by atoms with Crippen LogP contribution in [0.1, 0.15) is 43.6 Å². The fourth-order valence-electron chi connectivity index (χ4n) is 4.71. The maximum absolute atomic E-state index is 14.7. The van der Waals surface area contributed by atoms with Gasteiger partial charge in [-0.25, -0.2) is 4.39 Å². The second-order valence-electron chi connectivity index (χ2n) is 10.9. The first kappa shape index (κ1) is 36.5. The number of benzene rings is 4. The fraction of sp³-hybridized carbons (Fsp3) is 0.0789. The summed E-state index contributed by atoms with van der Waals surface area (Å²) >= 11 is 8.42. The van der Waals surface area contributed by atoms with E-state index in [0.29, 0.717) is 26.7 Å². The Hall–Kier alpha value is -5.74. The number of nitriles is 1. The summed E-state index contributed by atoms with van der Waals surface area (Å²) in [6.07, 6.45) is 1.16. The summed E-state index contributed by atoms with van der Waals surface area (Å²) in [6, 6.07) is 30.0. The monoisotopic (exact) mass is 737 g/mol. The van der Waals surface area contributed by atoms with Gasteiger partial charge in [-0.15, -0.1) is 23.1 Å². The molecule has 0 aliphatic carbocycles. The molecule has 13 heteroatoms. The van der Waals surface area contributed by atoms with E-state index in [1.54, 1.807) is 92.7 Å². The molecular weight excluding hydrogens is 709 g/mol. The average molecular weight is 738 g/mol. The number of anilines is 3. The molecule has 1 aromatic heterocycles. The molecule has 4 N–H and O–H groups in total. The molecule has 0 aliphatic rings. The van der Waals surface area contributed by atoms with Gasteiger partial charge in [0.05, 0.1) is 20.7 Å². The van der Waals surface area contributed by atoms with E-state index in [4.69, 9.17) is 11.6 Å². The van der Waals surface area contributed by atoms with Crippen LogP contribution in [0.4, 0.5) is 20.8 Å². The van der Waals surface area contributed by atoms with Gasteiger partial charge >= 0.3 is 0 Å². The van der Waals surface area contributed by atoms with Crippen molar-refractivity contribution in [3.63, 3.8) is 0 Å². The van der Waals surface area contributed by atoms with E-state index in [9.17, 15) is 28.8 Å². The SMILES string of the molecule is Cc1c(C(=O)Nc2ccccc2)sc(NC(=O)C(C)Sc2cccc(NC(=O)/C(=C\c3c(F)cccc3Cl)NC(=O)c3ccccc3)c2)c1C#N. The highest BCUT2D eigenvalue weighted by atomic mass is 35.5. The fourth-order valence-corrected chi connectivity index (χ4v) is 6.91. The van der Waals surface area contributed by atoms with E-state index in [0.717, 1.165) is 17.4 Å². The first-order valence-electron chi connectivity index (χ1n) is 15.3. The number of rotatable bonds is 11. The Morgan fingerprint density at radius 3 is 2.22 bits per heavy atom. The highest BCUT2D eigenvalue weighted by Crippen LogP contribution is 2.34. The maximum atomic E-state index is 14.7. The first-order valence-corrected chi connectivity index (χ1v) is 17.4. The number of thiophene rings is 1. The van der Waals surface area contributed by atoms with Crippen molar-refractivity contribution in [2.45, 2.75) is 24.0 Å². The van der Waals surface area contributed by atoms with Crippen molar-refractivity contribution in [3.05, 3.63) is 147 Å². The van der Waals surface area contributed by atoms with Crippen LogP contribution in [-0.2, 0) is 9.59 Å². The second kappa shape index (κ2) is 16.8. The normalized spacial score (nSPS) is 11.5. The van der Waals surface area contributed by atoms with E-state index < -0.39 is 34.7 Å². The molecule has 5 aromatic rings. The number of nitrogens with one attached hydrogen (secondary N) is 4. The lowest BCUT2D eigenvalue weighted by Gasteiger charge is -2.14. The van der Waals surface area contributed by atoms with E-state index in [1.165, 1.54) is 30.0 Å². The lowest BCUT2D eigenvalue weighted by Crippen LogP contribution is -2.30. The van der Waals surface area contributed by atoms with Crippen LogP contribution in [0.5, 0.6) is 0 Å². The van der Waals surface area contributed by atoms with Crippen LogP contribution in [0.3, 0.4) is 0 Å². The molecule has 0 saturated carbocycles. The van der Waals surface area contributed by atoms with Crippen molar-refractivity contribution in [1.82, 2.24) is 5.32 Å². The number of nitrogens with zero attached hydrogens (tertiary/aromatic N) is 1. The smallest absolute Gasteiger partial charge is 0.272 e. The van der Waals surface area contributed by atoms with Gasteiger partial charge in [-0.3, -0.25) is 19.2 Å². The second-order valence-corrected chi connectivity index (χ2v) is 13.8. The Bertz CT molecular complexity index is 2170. The van der Waals surface area contributed by atoms with Crippen molar-refractivity contribution < 1.29 is 23.6 Å². The summed E-state index contributed by atoms with van der Waals surface area (Å²) in [6.45, 7) is 3.33. The van der Waals surface area contributed by atoms with Gasteiger partial charge in [0, 0.05) is 27.4 Å². The van der Waals surface area contributed by atoms with E-state index in [1.807, 2.05) is 6.07 Å². The number of hydrogen-bond donors (Lipinski definition) is 4. The first-order chi connectivity index (χ1) is 24.5. The third kappa shape index (κ3) is 9.29. The predicted octanol–water partition coefficient (Wildman–Crippen LogP) is 8.50. The minimum absolute atomic E-state index is 0.0474. The molecule has 1 atom stereocenters. The zero-order valence-corrected chi connectivity index (χ0v) is 29.5. The number of para-hydroxylation sites is 1. The van der Waals surface area contributed by atoms with Crippen molar-refractivity contribution in [3.8, 4) is 6.07 Å². The summed E-state index contributed by atoms with van der Waals surface area (Å²) in [5.41, 5.74) is 1.55. The maximum Gasteiger partial charge on any atom is 0.272 e. The molecular formula is C38H29ClFN5O4S2. The number of amides is 4. The third-order valence-corrected chi connectivity index (χ3v) is 9.95. The van der Waals surface area contributed by atoms with Crippen LogP contribution >= 0.6 is 34.7 Å². The molecule has 256 valence electrons. The minimum atomic E-state index is -0.740. The predicted molar refractivity (Wildman–Crippen MR) is 200 cm³/mol.